The normalized spacial score (nSPS) is 14.9. The van der Waals surface area contributed by atoms with Crippen molar-refractivity contribution in [3.05, 3.63) is 105 Å². The highest BCUT2D eigenvalue weighted by atomic mass is 32.1. The molecule has 5 rings (SSSR count). The minimum atomic E-state index is -0.577. The second-order valence-corrected chi connectivity index (χ2v) is 8.58. The van der Waals surface area contributed by atoms with E-state index in [0.717, 1.165) is 17.5 Å². The standard InChI is InChI=1S/C27H25N3O4S/c1-33-21-15-17-13-14-28-24(20(17)16-22(21)34-2)23-25(31)29(18-9-5-3-6-10-18)27(35)30(26(23)32)19-11-7-4-8-12-19/h3-12,15-16,24,28,31H,13-14H2,1-2H3/t24-/m1/s1. The van der Waals surface area contributed by atoms with Crippen LogP contribution in [0.5, 0.6) is 17.4 Å². The monoisotopic (exact) mass is 487 g/mol. The van der Waals surface area contributed by atoms with Crippen molar-refractivity contribution in [2.24, 2.45) is 0 Å². The van der Waals surface area contributed by atoms with Gasteiger partial charge in [0.25, 0.3) is 5.56 Å². The van der Waals surface area contributed by atoms with Crippen LogP contribution < -0.4 is 20.3 Å². The van der Waals surface area contributed by atoms with Crippen molar-refractivity contribution >= 4 is 12.2 Å². The number of ether oxygens (including phenoxy) is 2. The first-order valence-electron chi connectivity index (χ1n) is 11.2. The topological polar surface area (TPSA) is 77.7 Å². The predicted octanol–water partition coefficient (Wildman–Crippen LogP) is 4.32. The minimum Gasteiger partial charge on any atom is -0.494 e. The molecule has 0 radical (unpaired) electrons. The van der Waals surface area contributed by atoms with E-state index in [0.29, 0.717) is 29.4 Å². The van der Waals surface area contributed by atoms with Crippen molar-refractivity contribution in [3.63, 3.8) is 0 Å². The number of nitrogens with zero attached hydrogens (tertiary/aromatic N) is 2. The van der Waals surface area contributed by atoms with Gasteiger partial charge in [0.05, 0.1) is 37.2 Å². The van der Waals surface area contributed by atoms with Gasteiger partial charge < -0.3 is 19.9 Å². The summed E-state index contributed by atoms with van der Waals surface area (Å²) < 4.78 is 14.2. The SMILES string of the molecule is COc1cc2c(cc1OC)[C@H](c1c(O)n(-c3ccccc3)c(=S)n(-c3ccccc3)c1=O)NCC2. The van der Waals surface area contributed by atoms with E-state index in [-0.39, 0.29) is 21.8 Å². The van der Waals surface area contributed by atoms with Gasteiger partial charge in [-0.15, -0.1) is 0 Å². The molecule has 2 N–H and O–H groups in total. The molecule has 0 aliphatic carbocycles. The third-order valence-electron chi connectivity index (χ3n) is 6.29. The number of hydrogen-bond donors (Lipinski definition) is 2. The molecule has 0 saturated carbocycles. The molecule has 0 saturated heterocycles. The maximum atomic E-state index is 14.0. The Morgan fingerprint density at radius 3 is 2.09 bits per heavy atom. The second kappa shape index (κ2) is 9.40. The second-order valence-electron chi connectivity index (χ2n) is 8.21. The van der Waals surface area contributed by atoms with Crippen LogP contribution in [0.25, 0.3) is 11.4 Å². The Morgan fingerprint density at radius 1 is 0.914 bits per heavy atom. The average Bonchev–Trinajstić information content (AvgIpc) is 2.89. The van der Waals surface area contributed by atoms with Gasteiger partial charge in [-0.1, -0.05) is 36.4 Å². The molecule has 4 aromatic rings. The summed E-state index contributed by atoms with van der Waals surface area (Å²) in [7, 11) is 3.17. The molecule has 35 heavy (non-hydrogen) atoms. The molecule has 178 valence electrons. The van der Waals surface area contributed by atoms with Crippen LogP contribution >= 0.6 is 12.2 Å². The van der Waals surface area contributed by atoms with Gasteiger partial charge >= 0.3 is 0 Å². The number of hydrogen-bond acceptors (Lipinski definition) is 6. The summed E-state index contributed by atoms with van der Waals surface area (Å²) >= 11 is 5.75. The molecule has 1 aliphatic heterocycles. The molecule has 3 aromatic carbocycles. The van der Waals surface area contributed by atoms with Gasteiger partial charge in [0.15, 0.2) is 16.3 Å². The van der Waals surface area contributed by atoms with Crippen LogP contribution in [0.1, 0.15) is 22.7 Å². The Balaban J connectivity index is 1.84. The highest BCUT2D eigenvalue weighted by Gasteiger charge is 2.31. The molecule has 0 fully saturated rings. The molecule has 0 amide bonds. The summed E-state index contributed by atoms with van der Waals surface area (Å²) in [6.07, 6.45) is 0.748. The lowest BCUT2D eigenvalue weighted by Crippen LogP contribution is -2.37. The first-order valence-corrected chi connectivity index (χ1v) is 11.7. The quantitative estimate of drug-likeness (QED) is 0.409. The van der Waals surface area contributed by atoms with Crippen molar-refractivity contribution in [1.82, 2.24) is 14.5 Å². The van der Waals surface area contributed by atoms with E-state index < -0.39 is 6.04 Å². The van der Waals surface area contributed by atoms with Gasteiger partial charge in [-0.2, -0.15) is 0 Å². The van der Waals surface area contributed by atoms with E-state index in [4.69, 9.17) is 21.7 Å². The van der Waals surface area contributed by atoms with E-state index in [1.165, 1.54) is 9.13 Å². The molecular weight excluding hydrogens is 462 g/mol. The van der Waals surface area contributed by atoms with E-state index in [1.807, 2.05) is 72.8 Å². The summed E-state index contributed by atoms with van der Waals surface area (Å²) in [4.78, 5) is 14.0. The van der Waals surface area contributed by atoms with Gasteiger partial charge in [0.2, 0.25) is 5.88 Å². The molecule has 2 heterocycles. The van der Waals surface area contributed by atoms with Crippen LogP contribution in [0.15, 0.2) is 77.6 Å². The molecular formula is C27H25N3O4S. The van der Waals surface area contributed by atoms with Gasteiger partial charge in [-0.05, 0) is 66.2 Å². The number of nitrogens with one attached hydrogen (secondary N) is 1. The minimum absolute atomic E-state index is 0.178. The van der Waals surface area contributed by atoms with Crippen molar-refractivity contribution in [2.45, 2.75) is 12.5 Å². The fourth-order valence-corrected chi connectivity index (χ4v) is 5.00. The predicted molar refractivity (Wildman–Crippen MR) is 137 cm³/mol. The molecule has 1 aromatic heterocycles. The molecule has 7 nitrogen and oxygen atoms in total. The lowest BCUT2D eigenvalue weighted by Gasteiger charge is -2.29. The number of aromatic nitrogens is 2. The Morgan fingerprint density at radius 2 is 1.49 bits per heavy atom. The van der Waals surface area contributed by atoms with Crippen molar-refractivity contribution < 1.29 is 14.6 Å². The number of para-hydroxylation sites is 2. The van der Waals surface area contributed by atoms with Crippen LogP contribution in [0, 0.1) is 4.77 Å². The summed E-state index contributed by atoms with van der Waals surface area (Å²) in [5.74, 6) is 0.982. The third kappa shape index (κ3) is 3.90. The van der Waals surface area contributed by atoms with E-state index in [2.05, 4.69) is 5.32 Å². The Bertz CT molecular complexity index is 1500. The first-order chi connectivity index (χ1) is 17.0. The lowest BCUT2D eigenvalue weighted by atomic mass is 9.90. The average molecular weight is 488 g/mol. The summed E-state index contributed by atoms with van der Waals surface area (Å²) in [5.41, 5.74) is 2.97. The van der Waals surface area contributed by atoms with Gasteiger partial charge in [-0.3, -0.25) is 13.9 Å². The molecule has 0 unspecified atom stereocenters. The Kier molecular flexibility index (Phi) is 6.15. The van der Waals surface area contributed by atoms with E-state index >= 15 is 0 Å². The number of aromatic hydroxyl groups is 1. The zero-order chi connectivity index (χ0) is 24.5. The van der Waals surface area contributed by atoms with Crippen molar-refractivity contribution in [1.29, 1.82) is 0 Å². The fraction of sp³-hybridized carbons (Fsp3) is 0.185. The van der Waals surface area contributed by atoms with Gasteiger partial charge in [0.1, 0.15) is 0 Å². The van der Waals surface area contributed by atoms with Gasteiger partial charge in [-0.25, -0.2) is 0 Å². The van der Waals surface area contributed by atoms with Gasteiger partial charge in [0, 0.05) is 6.54 Å². The molecule has 1 aliphatic rings. The third-order valence-corrected chi connectivity index (χ3v) is 6.65. The van der Waals surface area contributed by atoms with E-state index in [1.54, 1.807) is 14.2 Å². The number of methoxy groups -OCH3 is 2. The van der Waals surface area contributed by atoms with Crippen LogP contribution in [0.2, 0.25) is 0 Å². The number of rotatable bonds is 5. The summed E-state index contributed by atoms with van der Waals surface area (Å²) in [5, 5.41) is 15.0. The lowest BCUT2D eigenvalue weighted by molar-refractivity contribution is 0.352. The Hall–Kier alpha value is -3.88. The maximum Gasteiger partial charge on any atom is 0.267 e. The van der Waals surface area contributed by atoms with Crippen LogP contribution in [-0.4, -0.2) is 35.0 Å². The molecule has 0 bridgehead atoms. The number of fused-ring (bicyclic) bond motifs is 1. The highest BCUT2D eigenvalue weighted by Crippen LogP contribution is 2.39. The number of benzene rings is 3. The van der Waals surface area contributed by atoms with Crippen LogP contribution in [-0.2, 0) is 6.42 Å². The molecule has 0 spiro atoms. The summed E-state index contributed by atoms with van der Waals surface area (Å²) in [6.45, 7) is 0.623. The molecule has 1 atom stereocenters. The summed E-state index contributed by atoms with van der Waals surface area (Å²) in [6, 6.07) is 21.7. The van der Waals surface area contributed by atoms with Crippen molar-refractivity contribution in [3.8, 4) is 28.8 Å². The zero-order valence-corrected chi connectivity index (χ0v) is 20.2. The smallest absolute Gasteiger partial charge is 0.267 e. The fourth-order valence-electron chi connectivity index (χ4n) is 4.62. The highest BCUT2D eigenvalue weighted by molar-refractivity contribution is 7.71. The van der Waals surface area contributed by atoms with Crippen LogP contribution in [0.3, 0.4) is 0 Å². The van der Waals surface area contributed by atoms with E-state index in [9.17, 15) is 9.90 Å². The largest absolute Gasteiger partial charge is 0.494 e. The van der Waals surface area contributed by atoms with Crippen LogP contribution in [0.4, 0.5) is 0 Å². The zero-order valence-electron chi connectivity index (χ0n) is 19.4. The molecule has 8 heteroatoms. The maximum absolute atomic E-state index is 14.0. The Labute approximate surface area is 207 Å². The van der Waals surface area contributed by atoms with Crippen molar-refractivity contribution in [2.75, 3.05) is 20.8 Å². The first kappa shape index (κ1) is 22.9.